The van der Waals surface area contributed by atoms with E-state index in [2.05, 4.69) is 15.5 Å². The fourth-order valence-electron chi connectivity index (χ4n) is 1.27. The van der Waals surface area contributed by atoms with Crippen molar-refractivity contribution in [3.05, 3.63) is 18.0 Å². The number of hydrogen-bond acceptors (Lipinski definition) is 4. The van der Waals surface area contributed by atoms with Crippen LogP contribution in [0.3, 0.4) is 0 Å². The molecule has 5 nitrogen and oxygen atoms in total. The van der Waals surface area contributed by atoms with Crippen molar-refractivity contribution in [3.63, 3.8) is 0 Å². The smallest absolute Gasteiger partial charge is 0.226 e. The number of thioether (sulfide) groups is 1. The van der Waals surface area contributed by atoms with Crippen LogP contribution >= 0.6 is 11.8 Å². The van der Waals surface area contributed by atoms with Crippen LogP contribution in [0.25, 0.3) is 0 Å². The average Bonchev–Trinajstić information content (AvgIpc) is 2.68. The molecule has 3 N–H and O–H groups in total. The lowest BCUT2D eigenvalue weighted by atomic mass is 10.1. The van der Waals surface area contributed by atoms with Gasteiger partial charge >= 0.3 is 0 Å². The van der Waals surface area contributed by atoms with Crippen LogP contribution in [0.1, 0.15) is 12.6 Å². The molecule has 0 saturated carbocycles. The van der Waals surface area contributed by atoms with Gasteiger partial charge in [-0.05, 0) is 19.2 Å². The molecule has 0 fully saturated rings. The summed E-state index contributed by atoms with van der Waals surface area (Å²) in [6.45, 7) is 1.97. The summed E-state index contributed by atoms with van der Waals surface area (Å²) in [5, 5.41) is 19.0. The molecule has 0 aliphatic heterocycles. The second-order valence-electron chi connectivity index (χ2n) is 3.97. The first kappa shape index (κ1) is 13.1. The quantitative estimate of drug-likeness (QED) is 0.666. The first-order valence-electron chi connectivity index (χ1n) is 5.00. The topological polar surface area (TPSA) is 78.0 Å². The van der Waals surface area contributed by atoms with Gasteiger partial charge in [0.25, 0.3) is 0 Å². The summed E-state index contributed by atoms with van der Waals surface area (Å²) in [5.74, 6) is 0.475. The molecule has 0 bridgehead atoms. The summed E-state index contributed by atoms with van der Waals surface area (Å²) in [5.41, 5.74) is -0.0923. The largest absolute Gasteiger partial charge is 0.387 e. The van der Waals surface area contributed by atoms with Crippen molar-refractivity contribution in [3.8, 4) is 0 Å². The number of H-pyrrole nitrogens is 1. The highest BCUT2D eigenvalue weighted by molar-refractivity contribution is 7.98. The third-order valence-corrected chi connectivity index (χ3v) is 2.94. The predicted molar refractivity (Wildman–Crippen MR) is 64.3 cm³/mol. The minimum absolute atomic E-state index is 0.120. The first-order valence-corrected chi connectivity index (χ1v) is 6.39. The summed E-state index contributed by atoms with van der Waals surface area (Å²) in [6.07, 6.45) is 3.78. The summed E-state index contributed by atoms with van der Waals surface area (Å²) in [7, 11) is 0. The second kappa shape index (κ2) is 5.91. The van der Waals surface area contributed by atoms with E-state index in [9.17, 15) is 9.90 Å². The van der Waals surface area contributed by atoms with Gasteiger partial charge in [0, 0.05) is 24.2 Å². The van der Waals surface area contributed by atoms with Crippen LogP contribution in [0.2, 0.25) is 0 Å². The van der Waals surface area contributed by atoms with Crippen molar-refractivity contribution in [2.45, 2.75) is 18.9 Å². The zero-order valence-corrected chi connectivity index (χ0v) is 10.3. The number of aromatic nitrogens is 2. The maximum absolute atomic E-state index is 11.5. The number of carbonyl (C=O) groups excluding carboxylic acids is 1. The molecule has 1 unspecified atom stereocenters. The molecule has 0 aliphatic rings. The summed E-state index contributed by atoms with van der Waals surface area (Å²) < 4.78 is 0. The number of rotatable bonds is 6. The van der Waals surface area contributed by atoms with Crippen LogP contribution in [-0.2, 0) is 11.2 Å². The van der Waals surface area contributed by atoms with Gasteiger partial charge in [-0.1, -0.05) is 0 Å². The lowest BCUT2D eigenvalue weighted by Gasteiger charge is -2.22. The Balaban J connectivity index is 2.30. The van der Waals surface area contributed by atoms with E-state index in [-0.39, 0.29) is 18.9 Å². The molecular formula is C10H17N3O2S. The number of hydrogen-bond donors (Lipinski definition) is 3. The SMILES string of the molecule is CSCC(C)(O)CNC(=O)Cc1ccn[nH]1. The Morgan fingerprint density at radius 3 is 3.06 bits per heavy atom. The molecule has 1 heterocycles. The third kappa shape index (κ3) is 4.67. The standard InChI is InChI=1S/C10H17N3O2S/c1-10(15,7-16-2)6-11-9(14)5-8-3-4-12-13-8/h3-4,15H,5-7H2,1-2H3,(H,11,14)(H,12,13). The molecule has 1 rings (SSSR count). The molecule has 1 atom stereocenters. The minimum atomic E-state index is -0.858. The van der Waals surface area contributed by atoms with Crippen molar-refractivity contribution >= 4 is 17.7 Å². The van der Waals surface area contributed by atoms with Gasteiger partial charge in [0.15, 0.2) is 0 Å². The highest BCUT2D eigenvalue weighted by atomic mass is 32.2. The maximum atomic E-state index is 11.5. The van der Waals surface area contributed by atoms with Crippen molar-refractivity contribution in [1.29, 1.82) is 0 Å². The van der Waals surface area contributed by atoms with E-state index in [0.29, 0.717) is 5.75 Å². The maximum Gasteiger partial charge on any atom is 0.226 e. The number of nitrogens with zero attached hydrogens (tertiary/aromatic N) is 1. The normalized spacial score (nSPS) is 14.4. The summed E-state index contributed by atoms with van der Waals surface area (Å²) in [6, 6.07) is 1.75. The van der Waals surface area contributed by atoms with E-state index in [1.807, 2.05) is 6.26 Å². The van der Waals surface area contributed by atoms with Crippen molar-refractivity contribution in [2.75, 3.05) is 18.6 Å². The average molecular weight is 243 g/mol. The van der Waals surface area contributed by atoms with Crippen LogP contribution in [0, 0.1) is 0 Å². The summed E-state index contributed by atoms with van der Waals surface area (Å²) >= 11 is 1.55. The molecule has 16 heavy (non-hydrogen) atoms. The molecule has 6 heteroatoms. The van der Waals surface area contributed by atoms with Crippen LogP contribution in [0.15, 0.2) is 12.3 Å². The number of aliphatic hydroxyl groups is 1. The Kier molecular flexibility index (Phi) is 4.82. The zero-order chi connectivity index (χ0) is 12.0. The molecule has 90 valence electrons. The van der Waals surface area contributed by atoms with E-state index in [1.165, 1.54) is 0 Å². The van der Waals surface area contributed by atoms with Gasteiger partial charge in [0.05, 0.1) is 12.0 Å². The van der Waals surface area contributed by atoms with Crippen LogP contribution in [0.5, 0.6) is 0 Å². The Morgan fingerprint density at radius 2 is 2.50 bits per heavy atom. The molecule has 0 aromatic carbocycles. The van der Waals surface area contributed by atoms with Gasteiger partial charge in [-0.25, -0.2) is 0 Å². The third-order valence-electron chi connectivity index (χ3n) is 2.03. The molecule has 0 saturated heterocycles. The zero-order valence-electron chi connectivity index (χ0n) is 9.49. The van der Waals surface area contributed by atoms with Gasteiger partial charge < -0.3 is 10.4 Å². The first-order chi connectivity index (χ1) is 7.53. The number of carbonyl (C=O) groups is 1. The van der Waals surface area contributed by atoms with Gasteiger partial charge in [-0.15, -0.1) is 0 Å². The Bertz CT molecular complexity index is 325. The van der Waals surface area contributed by atoms with Gasteiger partial charge in [0.2, 0.25) is 5.91 Å². The fourth-order valence-corrected chi connectivity index (χ4v) is 1.99. The molecule has 1 amide bonds. The monoisotopic (exact) mass is 243 g/mol. The van der Waals surface area contributed by atoms with Crippen molar-refractivity contribution in [2.24, 2.45) is 0 Å². The lowest BCUT2D eigenvalue weighted by Crippen LogP contribution is -2.42. The van der Waals surface area contributed by atoms with Gasteiger partial charge in [-0.3, -0.25) is 9.89 Å². The minimum Gasteiger partial charge on any atom is -0.387 e. The van der Waals surface area contributed by atoms with Crippen molar-refractivity contribution < 1.29 is 9.90 Å². The van der Waals surface area contributed by atoms with Gasteiger partial charge in [0.1, 0.15) is 0 Å². The molecule has 0 spiro atoms. The lowest BCUT2D eigenvalue weighted by molar-refractivity contribution is -0.121. The van der Waals surface area contributed by atoms with E-state index >= 15 is 0 Å². The number of amides is 1. The van der Waals surface area contributed by atoms with Crippen LogP contribution < -0.4 is 5.32 Å². The van der Waals surface area contributed by atoms with E-state index in [1.54, 1.807) is 30.9 Å². The van der Waals surface area contributed by atoms with Crippen molar-refractivity contribution in [1.82, 2.24) is 15.5 Å². The van der Waals surface area contributed by atoms with Crippen LogP contribution in [0.4, 0.5) is 0 Å². The summed E-state index contributed by atoms with van der Waals surface area (Å²) in [4.78, 5) is 11.5. The fraction of sp³-hybridized carbons (Fsp3) is 0.600. The number of nitrogens with one attached hydrogen (secondary N) is 2. The van der Waals surface area contributed by atoms with E-state index in [0.717, 1.165) is 5.69 Å². The molecular weight excluding hydrogens is 226 g/mol. The molecule has 1 aromatic heterocycles. The molecule has 0 radical (unpaired) electrons. The predicted octanol–water partition coefficient (Wildman–Crippen LogP) is 0.182. The highest BCUT2D eigenvalue weighted by Crippen LogP contribution is 2.08. The van der Waals surface area contributed by atoms with Crippen LogP contribution in [-0.4, -0.2) is 45.4 Å². The van der Waals surface area contributed by atoms with E-state index < -0.39 is 5.60 Å². The highest BCUT2D eigenvalue weighted by Gasteiger charge is 2.20. The Labute approximate surface area is 99.0 Å². The van der Waals surface area contributed by atoms with Gasteiger partial charge in [-0.2, -0.15) is 16.9 Å². The second-order valence-corrected chi connectivity index (χ2v) is 4.83. The Morgan fingerprint density at radius 1 is 1.75 bits per heavy atom. The Hall–Kier alpha value is -1.01. The molecule has 0 aliphatic carbocycles. The molecule has 1 aromatic rings. The number of aromatic amines is 1. The van der Waals surface area contributed by atoms with E-state index in [4.69, 9.17) is 0 Å².